The first-order valence-corrected chi connectivity index (χ1v) is 10.5. The van der Waals surface area contributed by atoms with E-state index in [0.717, 1.165) is 51.3 Å². The van der Waals surface area contributed by atoms with Crippen molar-refractivity contribution in [3.8, 4) is 28.7 Å². The van der Waals surface area contributed by atoms with Crippen molar-refractivity contribution < 1.29 is 28.6 Å². The van der Waals surface area contributed by atoms with Gasteiger partial charge in [-0.05, 0) is 44.0 Å². The number of rotatable bonds is 10. The van der Waals surface area contributed by atoms with Crippen molar-refractivity contribution in [2.75, 3.05) is 54.2 Å². The molecule has 1 saturated heterocycles. The van der Waals surface area contributed by atoms with Crippen molar-refractivity contribution in [2.45, 2.75) is 19.8 Å². The number of ether oxygens (including phenoxy) is 5. The van der Waals surface area contributed by atoms with Gasteiger partial charge in [0.1, 0.15) is 5.75 Å². The molecule has 2 aromatic carbocycles. The molecule has 32 heavy (non-hydrogen) atoms. The Kier molecular flexibility index (Phi) is 8.13. The highest BCUT2D eigenvalue weighted by Gasteiger charge is 2.20. The molecule has 0 atom stereocenters. The molecule has 1 heterocycles. The van der Waals surface area contributed by atoms with E-state index in [1.807, 2.05) is 6.07 Å². The average molecular weight is 447 g/mol. The van der Waals surface area contributed by atoms with Gasteiger partial charge in [0, 0.05) is 24.7 Å². The van der Waals surface area contributed by atoms with E-state index in [2.05, 4.69) is 4.90 Å². The predicted octanol–water partition coefficient (Wildman–Crippen LogP) is 3.99. The van der Waals surface area contributed by atoms with Crippen molar-refractivity contribution >= 4 is 5.69 Å². The summed E-state index contributed by atoms with van der Waals surface area (Å²) in [6.07, 6.45) is 1.70. The number of nitrogens with zero attached hydrogens (tertiary/aromatic N) is 2. The van der Waals surface area contributed by atoms with Crippen LogP contribution in [0.3, 0.4) is 0 Å². The molecule has 0 N–H and O–H groups in total. The number of hydrogen-bond donors (Lipinski definition) is 0. The van der Waals surface area contributed by atoms with E-state index < -0.39 is 4.92 Å². The van der Waals surface area contributed by atoms with Crippen LogP contribution in [0.2, 0.25) is 0 Å². The van der Waals surface area contributed by atoms with Crippen molar-refractivity contribution in [1.82, 2.24) is 4.90 Å². The summed E-state index contributed by atoms with van der Waals surface area (Å²) >= 11 is 0. The minimum absolute atomic E-state index is 0.0211. The maximum Gasteiger partial charge on any atom is 0.276 e. The number of hydrogen-bond acceptors (Lipinski definition) is 8. The van der Waals surface area contributed by atoms with Gasteiger partial charge in [0.25, 0.3) is 5.69 Å². The van der Waals surface area contributed by atoms with Crippen molar-refractivity contribution in [3.05, 3.63) is 45.5 Å². The summed E-state index contributed by atoms with van der Waals surface area (Å²) in [5, 5.41) is 11.3. The molecule has 0 saturated carbocycles. The van der Waals surface area contributed by atoms with E-state index in [-0.39, 0.29) is 11.4 Å². The van der Waals surface area contributed by atoms with Crippen molar-refractivity contribution in [3.63, 3.8) is 0 Å². The zero-order chi connectivity index (χ0) is 23.1. The molecule has 0 aliphatic carbocycles. The van der Waals surface area contributed by atoms with Crippen LogP contribution in [0.1, 0.15) is 17.5 Å². The summed E-state index contributed by atoms with van der Waals surface area (Å²) in [5.41, 5.74) is 1.42. The minimum atomic E-state index is -0.435. The maximum absolute atomic E-state index is 11.3. The monoisotopic (exact) mass is 446 g/mol. The number of aryl methyl sites for hydroxylation is 2. The van der Waals surface area contributed by atoms with Gasteiger partial charge in [-0.2, -0.15) is 0 Å². The molecular weight excluding hydrogens is 416 g/mol. The predicted molar refractivity (Wildman–Crippen MR) is 120 cm³/mol. The van der Waals surface area contributed by atoms with Crippen LogP contribution in [0.4, 0.5) is 5.69 Å². The first kappa shape index (κ1) is 23.6. The Morgan fingerprint density at radius 3 is 2.19 bits per heavy atom. The SMILES string of the molecule is COc1cc(CCCN2CCOCC2)c(Oc2cc(C)c([N+](=O)[O-])cc2OC)cc1OC. The van der Waals surface area contributed by atoms with Crippen molar-refractivity contribution in [1.29, 1.82) is 0 Å². The first-order valence-electron chi connectivity index (χ1n) is 10.5. The largest absolute Gasteiger partial charge is 0.493 e. The minimum Gasteiger partial charge on any atom is -0.493 e. The average Bonchev–Trinajstić information content (AvgIpc) is 2.80. The van der Waals surface area contributed by atoms with Gasteiger partial charge in [-0.3, -0.25) is 15.0 Å². The van der Waals surface area contributed by atoms with Gasteiger partial charge in [-0.1, -0.05) is 0 Å². The summed E-state index contributed by atoms with van der Waals surface area (Å²) in [4.78, 5) is 13.2. The van der Waals surface area contributed by atoms with E-state index in [1.54, 1.807) is 33.3 Å². The van der Waals surface area contributed by atoms with E-state index in [4.69, 9.17) is 23.7 Å². The van der Waals surface area contributed by atoms with Crippen LogP contribution in [-0.4, -0.2) is 64.0 Å². The quantitative estimate of drug-likeness (QED) is 0.400. The summed E-state index contributed by atoms with van der Waals surface area (Å²) < 4.78 is 27.9. The number of nitro groups is 1. The molecule has 1 fully saturated rings. The Balaban J connectivity index is 1.88. The molecule has 3 rings (SSSR count). The lowest BCUT2D eigenvalue weighted by molar-refractivity contribution is -0.385. The van der Waals surface area contributed by atoms with Gasteiger partial charge < -0.3 is 23.7 Å². The second-order valence-corrected chi connectivity index (χ2v) is 7.52. The molecule has 0 unspecified atom stereocenters. The number of nitro benzene ring substituents is 1. The molecule has 2 aromatic rings. The lowest BCUT2D eigenvalue weighted by atomic mass is 10.1. The zero-order valence-corrected chi connectivity index (χ0v) is 19.0. The van der Waals surface area contributed by atoms with Crippen LogP contribution in [-0.2, 0) is 11.2 Å². The summed E-state index contributed by atoms with van der Waals surface area (Å²) in [6.45, 7) is 6.04. The molecule has 0 bridgehead atoms. The third-order valence-corrected chi connectivity index (χ3v) is 5.49. The summed E-state index contributed by atoms with van der Waals surface area (Å²) in [6, 6.07) is 6.69. The van der Waals surface area contributed by atoms with Crippen LogP contribution < -0.4 is 18.9 Å². The molecule has 0 amide bonds. The Hall–Kier alpha value is -3.04. The van der Waals surface area contributed by atoms with Crippen LogP contribution in [0.25, 0.3) is 0 Å². The van der Waals surface area contributed by atoms with Crippen LogP contribution >= 0.6 is 0 Å². The Labute approximate surface area is 187 Å². The number of benzene rings is 2. The third kappa shape index (κ3) is 5.60. The maximum atomic E-state index is 11.3. The Morgan fingerprint density at radius 2 is 1.56 bits per heavy atom. The van der Waals surface area contributed by atoms with Crippen molar-refractivity contribution in [2.24, 2.45) is 0 Å². The fourth-order valence-electron chi connectivity index (χ4n) is 3.72. The van der Waals surface area contributed by atoms with Crippen LogP contribution in [0.5, 0.6) is 28.7 Å². The van der Waals surface area contributed by atoms with Gasteiger partial charge in [-0.15, -0.1) is 0 Å². The second-order valence-electron chi connectivity index (χ2n) is 7.52. The van der Waals surface area contributed by atoms with E-state index in [1.165, 1.54) is 13.2 Å². The topological polar surface area (TPSA) is 92.5 Å². The highest BCUT2D eigenvalue weighted by molar-refractivity contribution is 5.57. The number of morpholine rings is 1. The van der Waals surface area contributed by atoms with Gasteiger partial charge in [0.2, 0.25) is 0 Å². The summed E-state index contributed by atoms with van der Waals surface area (Å²) in [5.74, 6) is 2.44. The molecule has 1 aliphatic rings. The first-order chi connectivity index (χ1) is 15.5. The van der Waals surface area contributed by atoms with Gasteiger partial charge in [-0.25, -0.2) is 0 Å². The number of methoxy groups -OCH3 is 3. The van der Waals surface area contributed by atoms with E-state index in [9.17, 15) is 10.1 Å². The molecule has 0 radical (unpaired) electrons. The smallest absolute Gasteiger partial charge is 0.276 e. The summed E-state index contributed by atoms with van der Waals surface area (Å²) in [7, 11) is 4.62. The molecule has 174 valence electrons. The highest BCUT2D eigenvalue weighted by atomic mass is 16.6. The van der Waals surface area contributed by atoms with E-state index >= 15 is 0 Å². The van der Waals surface area contributed by atoms with Crippen LogP contribution in [0, 0.1) is 17.0 Å². The van der Waals surface area contributed by atoms with E-state index in [0.29, 0.717) is 28.6 Å². The zero-order valence-electron chi connectivity index (χ0n) is 19.0. The third-order valence-electron chi connectivity index (χ3n) is 5.49. The Bertz CT molecular complexity index is 942. The van der Waals surface area contributed by atoms with Gasteiger partial charge in [0.15, 0.2) is 23.0 Å². The molecule has 9 heteroatoms. The Morgan fingerprint density at radius 1 is 0.938 bits per heavy atom. The molecule has 9 nitrogen and oxygen atoms in total. The van der Waals surface area contributed by atoms with Crippen LogP contribution in [0.15, 0.2) is 24.3 Å². The standard InChI is InChI=1S/C23H30N2O7/c1-16-12-23(21(29-3)14-18(16)25(26)27)32-19-15-22(30-4)20(28-2)13-17(19)6-5-7-24-8-10-31-11-9-24/h12-15H,5-11H2,1-4H3. The van der Waals surface area contributed by atoms with Gasteiger partial charge in [0.05, 0.1) is 45.5 Å². The molecule has 0 spiro atoms. The lowest BCUT2D eigenvalue weighted by Crippen LogP contribution is -2.36. The molecular formula is C23H30N2O7. The fourth-order valence-corrected chi connectivity index (χ4v) is 3.72. The fraction of sp³-hybridized carbons (Fsp3) is 0.478. The normalized spacial score (nSPS) is 14.1. The molecule has 0 aromatic heterocycles. The second kappa shape index (κ2) is 11.0. The van der Waals surface area contributed by atoms with Gasteiger partial charge >= 0.3 is 0 Å². The molecule has 1 aliphatic heterocycles. The highest BCUT2D eigenvalue weighted by Crippen LogP contribution is 2.41. The lowest BCUT2D eigenvalue weighted by Gasteiger charge is -2.26.